The van der Waals surface area contributed by atoms with Crippen LogP contribution < -0.4 is 0 Å². The van der Waals surface area contributed by atoms with Gasteiger partial charge < -0.3 is 9.72 Å². The van der Waals surface area contributed by atoms with E-state index in [1.54, 1.807) is 0 Å². The van der Waals surface area contributed by atoms with Gasteiger partial charge in [-0.3, -0.25) is 4.79 Å². The molecule has 1 aliphatic rings. The molecule has 0 saturated carbocycles. The van der Waals surface area contributed by atoms with Gasteiger partial charge in [0.25, 0.3) is 0 Å². The molecular formula is C14H15NO2. The minimum atomic E-state index is -0.0554. The van der Waals surface area contributed by atoms with Gasteiger partial charge in [0.05, 0.1) is 6.61 Å². The van der Waals surface area contributed by atoms with E-state index in [-0.39, 0.29) is 5.97 Å². The maximum absolute atomic E-state index is 11.0. The van der Waals surface area contributed by atoms with Crippen molar-refractivity contribution >= 4 is 16.9 Å². The number of rotatable bonds is 2. The van der Waals surface area contributed by atoms with Crippen LogP contribution in [0.4, 0.5) is 0 Å². The SMILES string of the molecule is O=C1CC[C@@H](Cc2c[nH]c3ccccc23)CO1. The fraction of sp³-hybridized carbons (Fsp3) is 0.357. The molecule has 3 heteroatoms. The Morgan fingerprint density at radius 2 is 2.24 bits per heavy atom. The number of aromatic nitrogens is 1. The Kier molecular flexibility index (Phi) is 2.59. The molecule has 1 N–H and O–H groups in total. The highest BCUT2D eigenvalue weighted by atomic mass is 16.5. The average Bonchev–Trinajstić information content (AvgIpc) is 2.76. The fourth-order valence-corrected chi connectivity index (χ4v) is 2.46. The maximum Gasteiger partial charge on any atom is 0.305 e. The predicted octanol–water partition coefficient (Wildman–Crippen LogP) is 2.66. The highest BCUT2D eigenvalue weighted by Gasteiger charge is 2.20. The van der Waals surface area contributed by atoms with Crippen molar-refractivity contribution in [1.82, 2.24) is 4.98 Å². The van der Waals surface area contributed by atoms with E-state index >= 15 is 0 Å². The summed E-state index contributed by atoms with van der Waals surface area (Å²) in [6.07, 6.45) is 4.56. The molecule has 0 unspecified atom stereocenters. The first kappa shape index (κ1) is 10.4. The van der Waals surface area contributed by atoms with E-state index in [0.717, 1.165) is 12.8 Å². The highest BCUT2D eigenvalue weighted by Crippen LogP contribution is 2.24. The van der Waals surface area contributed by atoms with E-state index in [0.29, 0.717) is 18.9 Å². The number of cyclic esters (lactones) is 1. The molecular weight excluding hydrogens is 214 g/mol. The van der Waals surface area contributed by atoms with E-state index in [1.807, 2.05) is 6.07 Å². The maximum atomic E-state index is 11.0. The van der Waals surface area contributed by atoms with Gasteiger partial charge in [-0.15, -0.1) is 0 Å². The van der Waals surface area contributed by atoms with Crippen LogP contribution in [0.2, 0.25) is 0 Å². The van der Waals surface area contributed by atoms with Gasteiger partial charge in [-0.05, 0) is 30.4 Å². The Bertz CT molecular complexity index is 534. The van der Waals surface area contributed by atoms with Gasteiger partial charge in [-0.1, -0.05) is 18.2 Å². The lowest BCUT2D eigenvalue weighted by molar-refractivity contribution is -0.149. The molecule has 0 spiro atoms. The number of benzene rings is 1. The van der Waals surface area contributed by atoms with Crippen LogP contribution in [0, 0.1) is 5.92 Å². The molecule has 1 aromatic heterocycles. The minimum absolute atomic E-state index is 0.0554. The summed E-state index contributed by atoms with van der Waals surface area (Å²) in [5.74, 6) is 0.409. The lowest BCUT2D eigenvalue weighted by atomic mass is 9.94. The number of nitrogens with one attached hydrogen (secondary N) is 1. The van der Waals surface area contributed by atoms with E-state index in [1.165, 1.54) is 16.5 Å². The van der Waals surface area contributed by atoms with Crippen molar-refractivity contribution < 1.29 is 9.53 Å². The molecule has 2 aromatic rings. The third-order valence-electron chi connectivity index (χ3n) is 3.42. The lowest BCUT2D eigenvalue weighted by Crippen LogP contribution is -2.23. The monoisotopic (exact) mass is 229 g/mol. The number of fused-ring (bicyclic) bond motifs is 1. The van der Waals surface area contributed by atoms with Crippen LogP contribution in [0.1, 0.15) is 18.4 Å². The molecule has 1 fully saturated rings. The summed E-state index contributed by atoms with van der Waals surface area (Å²) >= 11 is 0. The molecule has 17 heavy (non-hydrogen) atoms. The zero-order valence-corrected chi connectivity index (χ0v) is 9.61. The first-order valence-corrected chi connectivity index (χ1v) is 6.03. The molecule has 2 heterocycles. The standard InChI is InChI=1S/C14H15NO2/c16-14-6-5-10(9-17-14)7-11-8-15-13-4-2-1-3-12(11)13/h1-4,8,10,15H,5-7,9H2/t10-/m0/s1. The largest absolute Gasteiger partial charge is 0.465 e. The molecule has 0 bridgehead atoms. The number of esters is 1. The van der Waals surface area contributed by atoms with Gasteiger partial charge in [0, 0.05) is 23.5 Å². The molecule has 3 rings (SSSR count). The number of aromatic amines is 1. The average molecular weight is 229 g/mol. The molecule has 1 atom stereocenters. The number of hydrogen-bond donors (Lipinski definition) is 1. The molecule has 88 valence electrons. The first-order chi connectivity index (χ1) is 8.33. The highest BCUT2D eigenvalue weighted by molar-refractivity contribution is 5.83. The zero-order chi connectivity index (χ0) is 11.7. The molecule has 3 nitrogen and oxygen atoms in total. The van der Waals surface area contributed by atoms with Gasteiger partial charge in [0.2, 0.25) is 0 Å². The van der Waals surface area contributed by atoms with Crippen molar-refractivity contribution in [3.8, 4) is 0 Å². The molecule has 0 radical (unpaired) electrons. The number of carbonyl (C=O) groups excluding carboxylic acids is 1. The minimum Gasteiger partial charge on any atom is -0.465 e. The second-order valence-corrected chi connectivity index (χ2v) is 4.65. The van der Waals surface area contributed by atoms with E-state index in [2.05, 4.69) is 29.4 Å². The lowest BCUT2D eigenvalue weighted by Gasteiger charge is -2.21. The molecule has 0 amide bonds. The Labute approximate surface area is 99.8 Å². The number of H-pyrrole nitrogens is 1. The van der Waals surface area contributed by atoms with Gasteiger partial charge in [-0.2, -0.15) is 0 Å². The van der Waals surface area contributed by atoms with Crippen LogP contribution in [0.3, 0.4) is 0 Å². The van der Waals surface area contributed by atoms with Gasteiger partial charge in [0.15, 0.2) is 0 Å². The van der Waals surface area contributed by atoms with Crippen LogP contribution in [0.15, 0.2) is 30.5 Å². The second-order valence-electron chi connectivity index (χ2n) is 4.65. The third kappa shape index (κ3) is 2.05. The summed E-state index contributed by atoms with van der Waals surface area (Å²) in [6.45, 7) is 0.568. The van der Waals surface area contributed by atoms with Gasteiger partial charge >= 0.3 is 5.97 Å². The number of carbonyl (C=O) groups is 1. The summed E-state index contributed by atoms with van der Waals surface area (Å²) < 4.78 is 5.10. The van der Waals surface area contributed by atoms with Crippen LogP contribution in [0.25, 0.3) is 10.9 Å². The normalized spacial score (nSPS) is 20.5. The van der Waals surface area contributed by atoms with Crippen LogP contribution in [-0.2, 0) is 16.0 Å². The van der Waals surface area contributed by atoms with Crippen molar-refractivity contribution in [3.05, 3.63) is 36.0 Å². The molecule has 1 aromatic carbocycles. The topological polar surface area (TPSA) is 42.1 Å². The summed E-state index contributed by atoms with van der Waals surface area (Å²) in [5, 5.41) is 1.28. The fourth-order valence-electron chi connectivity index (χ4n) is 2.46. The molecule has 1 saturated heterocycles. The summed E-state index contributed by atoms with van der Waals surface area (Å²) in [4.78, 5) is 14.3. The van der Waals surface area contributed by atoms with Crippen molar-refractivity contribution in [2.75, 3.05) is 6.61 Å². The van der Waals surface area contributed by atoms with Crippen LogP contribution in [0.5, 0.6) is 0 Å². The van der Waals surface area contributed by atoms with Crippen LogP contribution >= 0.6 is 0 Å². The first-order valence-electron chi connectivity index (χ1n) is 6.03. The van der Waals surface area contributed by atoms with Gasteiger partial charge in [0.1, 0.15) is 0 Å². The third-order valence-corrected chi connectivity index (χ3v) is 3.42. The molecule has 0 aliphatic carbocycles. The van der Waals surface area contributed by atoms with Gasteiger partial charge in [-0.25, -0.2) is 0 Å². The number of ether oxygens (including phenoxy) is 1. The zero-order valence-electron chi connectivity index (χ0n) is 9.61. The van der Waals surface area contributed by atoms with E-state index in [4.69, 9.17) is 4.74 Å². The van der Waals surface area contributed by atoms with Crippen molar-refractivity contribution in [3.63, 3.8) is 0 Å². The summed E-state index contributed by atoms with van der Waals surface area (Å²) in [7, 11) is 0. The predicted molar refractivity (Wildman–Crippen MR) is 65.7 cm³/mol. The van der Waals surface area contributed by atoms with E-state index in [9.17, 15) is 4.79 Å². The Balaban J connectivity index is 1.78. The number of para-hydroxylation sites is 1. The van der Waals surface area contributed by atoms with Crippen molar-refractivity contribution in [1.29, 1.82) is 0 Å². The molecule has 1 aliphatic heterocycles. The quantitative estimate of drug-likeness (QED) is 0.804. The van der Waals surface area contributed by atoms with Crippen LogP contribution in [-0.4, -0.2) is 17.6 Å². The summed E-state index contributed by atoms with van der Waals surface area (Å²) in [5.41, 5.74) is 2.50. The summed E-state index contributed by atoms with van der Waals surface area (Å²) in [6, 6.07) is 8.31. The Morgan fingerprint density at radius 3 is 3.06 bits per heavy atom. The number of hydrogen-bond acceptors (Lipinski definition) is 2. The van der Waals surface area contributed by atoms with Crippen molar-refractivity contribution in [2.45, 2.75) is 19.3 Å². The van der Waals surface area contributed by atoms with E-state index < -0.39 is 0 Å². The van der Waals surface area contributed by atoms with Crippen molar-refractivity contribution in [2.24, 2.45) is 5.92 Å². The Hall–Kier alpha value is -1.77. The Morgan fingerprint density at radius 1 is 1.35 bits per heavy atom. The second kappa shape index (κ2) is 4.24. The smallest absolute Gasteiger partial charge is 0.305 e.